The summed E-state index contributed by atoms with van der Waals surface area (Å²) in [5, 5.41) is 2.90. The van der Waals surface area contributed by atoms with Crippen LogP contribution >= 0.6 is 0 Å². The Balaban J connectivity index is 2.18. The fourth-order valence-electron chi connectivity index (χ4n) is 3.18. The average Bonchev–Trinajstić information content (AvgIpc) is 2.85. The van der Waals surface area contributed by atoms with Crippen LogP contribution in [0.5, 0.6) is 23.0 Å². The molecular formula is C25H34N2O6. The fourth-order valence-corrected chi connectivity index (χ4v) is 3.18. The molecule has 0 spiro atoms. The van der Waals surface area contributed by atoms with Gasteiger partial charge < -0.3 is 29.2 Å². The zero-order valence-corrected chi connectivity index (χ0v) is 20.1. The monoisotopic (exact) mass is 458 g/mol. The highest BCUT2D eigenvalue weighted by Crippen LogP contribution is 2.27. The fraction of sp³-hybridized carbons (Fsp3) is 0.440. The Morgan fingerprint density at radius 3 is 2.18 bits per heavy atom. The smallest absolute Gasteiger partial charge is 0.261 e. The van der Waals surface area contributed by atoms with E-state index < -0.39 is 6.04 Å². The SMILES string of the molecule is CCCCNC(=O)C(C)N(Cc1cccc(OC)c1)C(=O)COc1cc(OC)cc(OC)c1. The molecule has 0 heterocycles. The van der Waals surface area contributed by atoms with Gasteiger partial charge in [0.15, 0.2) is 6.61 Å². The molecule has 1 atom stereocenters. The van der Waals surface area contributed by atoms with E-state index >= 15 is 0 Å². The molecule has 0 bridgehead atoms. The van der Waals surface area contributed by atoms with Gasteiger partial charge in [0, 0.05) is 31.3 Å². The van der Waals surface area contributed by atoms with Crippen LogP contribution in [0.2, 0.25) is 0 Å². The van der Waals surface area contributed by atoms with Crippen LogP contribution in [0.3, 0.4) is 0 Å². The topological polar surface area (TPSA) is 86.3 Å². The summed E-state index contributed by atoms with van der Waals surface area (Å²) in [4.78, 5) is 27.4. The molecular weight excluding hydrogens is 424 g/mol. The molecule has 33 heavy (non-hydrogen) atoms. The van der Waals surface area contributed by atoms with E-state index in [0.29, 0.717) is 29.5 Å². The summed E-state index contributed by atoms with van der Waals surface area (Å²) < 4.78 is 21.5. The van der Waals surface area contributed by atoms with Gasteiger partial charge in [-0.05, 0) is 31.0 Å². The summed E-state index contributed by atoms with van der Waals surface area (Å²) in [5.74, 6) is 1.68. The van der Waals surface area contributed by atoms with E-state index in [0.717, 1.165) is 18.4 Å². The predicted octanol–water partition coefficient (Wildman–Crippen LogP) is 3.42. The maximum absolute atomic E-state index is 13.2. The van der Waals surface area contributed by atoms with Gasteiger partial charge in [-0.25, -0.2) is 0 Å². The number of nitrogens with zero attached hydrogens (tertiary/aromatic N) is 1. The first-order chi connectivity index (χ1) is 15.9. The maximum atomic E-state index is 13.2. The van der Waals surface area contributed by atoms with Crippen molar-refractivity contribution in [2.75, 3.05) is 34.5 Å². The second-order valence-electron chi connectivity index (χ2n) is 7.53. The minimum absolute atomic E-state index is 0.206. The van der Waals surface area contributed by atoms with Crippen molar-refractivity contribution < 1.29 is 28.5 Å². The minimum atomic E-state index is -0.677. The minimum Gasteiger partial charge on any atom is -0.497 e. The lowest BCUT2D eigenvalue weighted by molar-refractivity contribution is -0.142. The van der Waals surface area contributed by atoms with Gasteiger partial charge >= 0.3 is 0 Å². The molecule has 2 aromatic rings. The molecule has 0 saturated carbocycles. The second-order valence-corrected chi connectivity index (χ2v) is 7.53. The molecule has 0 aromatic heterocycles. The Morgan fingerprint density at radius 1 is 0.939 bits per heavy atom. The van der Waals surface area contributed by atoms with Crippen LogP contribution in [0.25, 0.3) is 0 Å². The molecule has 8 nitrogen and oxygen atoms in total. The molecule has 180 valence electrons. The summed E-state index contributed by atoms with van der Waals surface area (Å²) in [7, 11) is 4.67. The van der Waals surface area contributed by atoms with Crippen molar-refractivity contribution in [2.45, 2.75) is 39.3 Å². The van der Waals surface area contributed by atoms with E-state index in [1.54, 1.807) is 46.5 Å². The van der Waals surface area contributed by atoms with Gasteiger partial charge in [0.1, 0.15) is 29.0 Å². The lowest BCUT2D eigenvalue weighted by Crippen LogP contribution is -2.49. The third-order valence-electron chi connectivity index (χ3n) is 5.17. The summed E-state index contributed by atoms with van der Waals surface area (Å²) in [6.07, 6.45) is 1.85. The number of hydrogen-bond acceptors (Lipinski definition) is 6. The number of hydrogen-bond donors (Lipinski definition) is 1. The summed E-state index contributed by atoms with van der Waals surface area (Å²) in [6.45, 7) is 4.34. The summed E-state index contributed by atoms with van der Waals surface area (Å²) in [5.41, 5.74) is 0.846. The van der Waals surface area contributed by atoms with Crippen molar-refractivity contribution in [3.05, 3.63) is 48.0 Å². The summed E-state index contributed by atoms with van der Waals surface area (Å²) in [6, 6.07) is 11.8. The van der Waals surface area contributed by atoms with Crippen LogP contribution in [-0.2, 0) is 16.1 Å². The molecule has 0 fully saturated rings. The first kappa shape index (κ1) is 25.8. The van der Waals surface area contributed by atoms with Crippen LogP contribution in [0.4, 0.5) is 0 Å². The molecule has 0 radical (unpaired) electrons. The van der Waals surface area contributed by atoms with Crippen LogP contribution in [0.15, 0.2) is 42.5 Å². The Hall–Kier alpha value is -3.42. The van der Waals surface area contributed by atoms with Crippen molar-refractivity contribution >= 4 is 11.8 Å². The quantitative estimate of drug-likeness (QED) is 0.463. The van der Waals surface area contributed by atoms with Gasteiger partial charge in [-0.3, -0.25) is 9.59 Å². The Morgan fingerprint density at radius 2 is 1.58 bits per heavy atom. The highest BCUT2D eigenvalue weighted by molar-refractivity contribution is 5.88. The lowest BCUT2D eigenvalue weighted by Gasteiger charge is -2.29. The van der Waals surface area contributed by atoms with Gasteiger partial charge in [0.05, 0.1) is 21.3 Å². The molecule has 2 rings (SSSR count). The molecule has 2 amide bonds. The number of nitrogens with one attached hydrogen (secondary N) is 1. The number of amides is 2. The molecule has 1 N–H and O–H groups in total. The van der Waals surface area contributed by atoms with Crippen LogP contribution in [0, 0.1) is 0 Å². The number of rotatable bonds is 13. The van der Waals surface area contributed by atoms with E-state index in [4.69, 9.17) is 18.9 Å². The number of unbranched alkanes of at least 4 members (excludes halogenated alkanes) is 1. The van der Waals surface area contributed by atoms with E-state index in [-0.39, 0.29) is 25.0 Å². The number of carbonyl (C=O) groups excluding carboxylic acids is 2. The predicted molar refractivity (Wildman–Crippen MR) is 126 cm³/mol. The van der Waals surface area contributed by atoms with Crippen molar-refractivity contribution in [3.8, 4) is 23.0 Å². The van der Waals surface area contributed by atoms with E-state index in [1.807, 2.05) is 24.3 Å². The molecule has 0 aliphatic rings. The van der Waals surface area contributed by atoms with Crippen molar-refractivity contribution in [1.82, 2.24) is 10.2 Å². The van der Waals surface area contributed by atoms with Gasteiger partial charge in [0.25, 0.3) is 5.91 Å². The highest BCUT2D eigenvalue weighted by Gasteiger charge is 2.26. The van der Waals surface area contributed by atoms with Gasteiger partial charge in [-0.2, -0.15) is 0 Å². The van der Waals surface area contributed by atoms with Crippen molar-refractivity contribution in [1.29, 1.82) is 0 Å². The number of methoxy groups -OCH3 is 3. The molecule has 0 aliphatic carbocycles. The molecule has 0 aliphatic heterocycles. The lowest BCUT2D eigenvalue weighted by atomic mass is 10.1. The largest absolute Gasteiger partial charge is 0.497 e. The normalized spacial score (nSPS) is 11.3. The van der Waals surface area contributed by atoms with Crippen LogP contribution < -0.4 is 24.3 Å². The van der Waals surface area contributed by atoms with Gasteiger partial charge in [0.2, 0.25) is 5.91 Å². The van der Waals surface area contributed by atoms with Crippen LogP contribution in [0.1, 0.15) is 32.3 Å². The summed E-state index contributed by atoms with van der Waals surface area (Å²) >= 11 is 0. The van der Waals surface area contributed by atoms with E-state index in [1.165, 1.54) is 4.90 Å². The van der Waals surface area contributed by atoms with E-state index in [2.05, 4.69) is 12.2 Å². The van der Waals surface area contributed by atoms with Gasteiger partial charge in [-0.15, -0.1) is 0 Å². The zero-order chi connectivity index (χ0) is 24.2. The zero-order valence-electron chi connectivity index (χ0n) is 20.1. The third-order valence-corrected chi connectivity index (χ3v) is 5.17. The Kier molecular flexibility index (Phi) is 10.3. The maximum Gasteiger partial charge on any atom is 0.261 e. The molecule has 1 unspecified atom stereocenters. The second kappa shape index (κ2) is 13.2. The number of carbonyl (C=O) groups is 2. The van der Waals surface area contributed by atoms with Crippen molar-refractivity contribution in [2.24, 2.45) is 0 Å². The standard InChI is InChI=1S/C25H34N2O6/c1-6-7-11-26-25(29)18(2)27(16-19-9-8-10-20(12-19)30-3)24(28)17-33-23-14-21(31-4)13-22(15-23)32-5/h8-10,12-15,18H,6-7,11,16-17H2,1-5H3,(H,26,29). The Bertz CT molecular complexity index is 895. The average molecular weight is 459 g/mol. The van der Waals surface area contributed by atoms with Crippen LogP contribution in [-0.4, -0.2) is 57.2 Å². The van der Waals surface area contributed by atoms with Gasteiger partial charge in [-0.1, -0.05) is 25.5 Å². The third kappa shape index (κ3) is 7.89. The molecule has 2 aromatic carbocycles. The highest BCUT2D eigenvalue weighted by atomic mass is 16.5. The molecule has 8 heteroatoms. The number of ether oxygens (including phenoxy) is 4. The number of benzene rings is 2. The first-order valence-electron chi connectivity index (χ1n) is 11.0. The van der Waals surface area contributed by atoms with E-state index in [9.17, 15) is 9.59 Å². The molecule has 0 saturated heterocycles. The van der Waals surface area contributed by atoms with Crippen molar-refractivity contribution in [3.63, 3.8) is 0 Å². The Labute approximate surface area is 195 Å². The first-order valence-corrected chi connectivity index (χ1v) is 11.0.